The molecule has 1 aromatic carbocycles. The van der Waals surface area contributed by atoms with Crippen molar-refractivity contribution in [3.8, 4) is 0 Å². The summed E-state index contributed by atoms with van der Waals surface area (Å²) in [4.78, 5) is 0.0699. The van der Waals surface area contributed by atoms with E-state index in [0.717, 1.165) is 18.4 Å². The molecule has 0 fully saturated rings. The molecule has 136 valence electrons. The van der Waals surface area contributed by atoms with E-state index in [9.17, 15) is 12.1 Å². The molecule has 0 spiro atoms. The van der Waals surface area contributed by atoms with Gasteiger partial charge in [-0.1, -0.05) is 39.0 Å². The molecule has 6 heteroatoms. The number of benzene rings is 1. The first-order chi connectivity index (χ1) is 11.6. The van der Waals surface area contributed by atoms with Gasteiger partial charge in [-0.3, -0.25) is 0 Å². The average molecular weight is 392 g/mol. The van der Waals surface area contributed by atoms with Crippen LogP contribution in [0.5, 0.6) is 0 Å². The molecule has 0 saturated heterocycles. The molecule has 1 aromatic rings. The van der Waals surface area contributed by atoms with Crippen molar-refractivity contribution in [2.75, 3.05) is 0 Å². The van der Waals surface area contributed by atoms with E-state index in [1.807, 2.05) is 12.1 Å². The van der Waals surface area contributed by atoms with E-state index >= 15 is 0 Å². The second kappa shape index (κ2) is 12.8. The number of hydrogen-bond acceptors (Lipinski definition) is 4. The standard InChI is InChI=1S/C18H30O3S.O.V/c1-2-3-4-5-6-7-8-9-10-11-12-17-13-15-18(16-14-17)22(19,20)21;;/h13-16H,2-12H2,1H3,(H,19,20,21);;/q;;+1/p-1. The first-order valence-corrected chi connectivity index (χ1v) is 11.5. The summed E-state index contributed by atoms with van der Waals surface area (Å²) in [5, 5.41) is 0. The molecular formula is C18H29O4SV. The molecule has 0 aromatic heterocycles. The number of hydrogen-bond donors (Lipinski definition) is 0. The van der Waals surface area contributed by atoms with Gasteiger partial charge in [0, 0.05) is 0 Å². The molecule has 0 unspecified atom stereocenters. The Labute approximate surface area is 154 Å². The zero-order chi connectivity index (χ0) is 17.7. The molecule has 0 heterocycles. The fourth-order valence-corrected chi connectivity index (χ4v) is 4.14. The number of unbranched alkanes of at least 4 members (excludes halogenated alkanes) is 9. The second-order valence-electron chi connectivity index (χ2n) is 6.18. The van der Waals surface area contributed by atoms with Gasteiger partial charge in [-0.2, -0.15) is 0 Å². The average Bonchev–Trinajstić information content (AvgIpc) is 2.57. The van der Waals surface area contributed by atoms with Gasteiger partial charge in [-0.25, -0.2) is 0 Å². The summed E-state index contributed by atoms with van der Waals surface area (Å²) in [6.45, 7) is 2.24. The Kier molecular flexibility index (Phi) is 11.5. The predicted molar refractivity (Wildman–Crippen MR) is 90.9 cm³/mol. The van der Waals surface area contributed by atoms with Gasteiger partial charge in [0.15, 0.2) is 0 Å². The van der Waals surface area contributed by atoms with E-state index in [0.29, 0.717) is 0 Å². The van der Waals surface area contributed by atoms with Crippen LogP contribution >= 0.6 is 0 Å². The Balaban J connectivity index is 2.14. The van der Waals surface area contributed by atoms with Crippen molar-refractivity contribution in [1.29, 1.82) is 0 Å². The van der Waals surface area contributed by atoms with Crippen LogP contribution in [0.15, 0.2) is 29.2 Å². The van der Waals surface area contributed by atoms with Crippen molar-refractivity contribution >= 4 is 10.1 Å². The molecule has 0 aliphatic rings. The van der Waals surface area contributed by atoms with Gasteiger partial charge in [0.2, 0.25) is 0 Å². The zero-order valence-electron chi connectivity index (χ0n) is 14.6. The maximum absolute atomic E-state index is 11.6. The molecule has 24 heavy (non-hydrogen) atoms. The van der Waals surface area contributed by atoms with Crippen molar-refractivity contribution in [2.45, 2.75) is 82.4 Å². The first-order valence-electron chi connectivity index (χ1n) is 8.95. The molecule has 0 radical (unpaired) electrons. The van der Waals surface area contributed by atoms with Crippen LogP contribution in [0.2, 0.25) is 0 Å². The molecule has 1 rings (SSSR count). The van der Waals surface area contributed by atoms with E-state index in [4.69, 9.17) is 0 Å². The van der Waals surface area contributed by atoms with E-state index in [1.54, 1.807) is 0 Å². The molecule has 4 nitrogen and oxygen atoms in total. The van der Waals surface area contributed by atoms with Crippen molar-refractivity contribution < 1.29 is 31.8 Å². The summed E-state index contributed by atoms with van der Waals surface area (Å²) in [6.07, 6.45) is 14.0. The van der Waals surface area contributed by atoms with Gasteiger partial charge < -0.3 is 0 Å². The summed E-state index contributed by atoms with van der Waals surface area (Å²) < 4.78 is 37.9. The Bertz CT molecular complexity index is 555. The SMILES string of the molecule is CCCCCCCCCCCCc1ccc(S(=O)(=O)[O][V]=[O])cc1. The van der Waals surface area contributed by atoms with E-state index in [-0.39, 0.29) is 4.90 Å². The third kappa shape index (κ3) is 9.12. The van der Waals surface area contributed by atoms with Crippen LogP contribution in [0.25, 0.3) is 0 Å². The van der Waals surface area contributed by atoms with E-state index < -0.39 is 26.7 Å². The van der Waals surface area contributed by atoms with Gasteiger partial charge >= 0.3 is 115 Å². The number of aryl methyl sites for hydroxylation is 1. The van der Waals surface area contributed by atoms with Crippen LogP contribution in [0.1, 0.15) is 76.7 Å². The molecule has 0 aliphatic carbocycles. The van der Waals surface area contributed by atoms with Gasteiger partial charge in [-0.05, 0) is 0 Å². The van der Waals surface area contributed by atoms with Gasteiger partial charge in [0.05, 0.1) is 0 Å². The van der Waals surface area contributed by atoms with Crippen LogP contribution < -0.4 is 0 Å². The summed E-state index contributed by atoms with van der Waals surface area (Å²) in [5.41, 5.74) is 1.13. The molecule has 0 saturated carbocycles. The fraction of sp³-hybridized carbons (Fsp3) is 0.667. The normalized spacial score (nSPS) is 11.5. The van der Waals surface area contributed by atoms with Crippen LogP contribution in [0, 0.1) is 0 Å². The first kappa shape index (κ1) is 21.6. The summed E-state index contributed by atoms with van der Waals surface area (Å²) in [7, 11) is -3.84. The Morgan fingerprint density at radius 2 is 1.33 bits per heavy atom. The minimum absolute atomic E-state index is 0.0699. The van der Waals surface area contributed by atoms with Gasteiger partial charge in [0.1, 0.15) is 0 Å². The quantitative estimate of drug-likeness (QED) is 0.408. The molecule has 0 atom stereocenters. The maximum atomic E-state index is 11.6. The fourth-order valence-electron chi connectivity index (χ4n) is 2.72. The van der Waals surface area contributed by atoms with Crippen molar-refractivity contribution in [2.24, 2.45) is 0 Å². The van der Waals surface area contributed by atoms with Crippen LogP contribution in [-0.4, -0.2) is 8.42 Å². The van der Waals surface area contributed by atoms with Gasteiger partial charge in [0.25, 0.3) is 0 Å². The van der Waals surface area contributed by atoms with Crippen molar-refractivity contribution in [1.82, 2.24) is 0 Å². The Morgan fingerprint density at radius 1 is 0.833 bits per heavy atom. The zero-order valence-corrected chi connectivity index (χ0v) is 16.8. The summed E-state index contributed by atoms with van der Waals surface area (Å²) in [5.74, 6) is 0. The monoisotopic (exact) mass is 392 g/mol. The number of rotatable bonds is 14. The Hall–Kier alpha value is -0.486. The third-order valence-corrected chi connectivity index (χ3v) is 6.47. The topological polar surface area (TPSA) is 60.4 Å². The van der Waals surface area contributed by atoms with Crippen molar-refractivity contribution in [3.05, 3.63) is 29.8 Å². The van der Waals surface area contributed by atoms with Crippen LogP contribution in [0.4, 0.5) is 0 Å². The molecular weight excluding hydrogens is 363 g/mol. The summed E-state index contributed by atoms with van der Waals surface area (Å²) >= 11 is -1.84. The second-order valence-corrected chi connectivity index (χ2v) is 8.64. The third-order valence-electron chi connectivity index (χ3n) is 4.16. The van der Waals surface area contributed by atoms with E-state index in [2.05, 4.69) is 10.0 Å². The van der Waals surface area contributed by atoms with Crippen LogP contribution in [-0.2, 0) is 39.9 Å². The molecule has 0 aliphatic heterocycles. The molecule has 0 amide bonds. The van der Waals surface area contributed by atoms with Gasteiger partial charge in [-0.15, -0.1) is 0 Å². The minimum atomic E-state index is -3.84. The van der Waals surface area contributed by atoms with Crippen LogP contribution in [0.3, 0.4) is 0 Å². The van der Waals surface area contributed by atoms with E-state index in [1.165, 1.54) is 69.9 Å². The van der Waals surface area contributed by atoms with Crippen molar-refractivity contribution in [3.63, 3.8) is 0 Å². The molecule has 0 N–H and O–H groups in total. The predicted octanol–water partition coefficient (Wildman–Crippen LogP) is 5.20. The summed E-state index contributed by atoms with van der Waals surface area (Å²) in [6, 6.07) is 6.67. The molecule has 0 bridgehead atoms. The Morgan fingerprint density at radius 3 is 1.83 bits per heavy atom.